The van der Waals surface area contributed by atoms with E-state index in [1.165, 1.54) is 14.2 Å². The first-order chi connectivity index (χ1) is 10.1. The average molecular weight is 292 g/mol. The minimum Gasteiger partial charge on any atom is -0.490 e. The zero-order valence-electron chi connectivity index (χ0n) is 12.3. The van der Waals surface area contributed by atoms with Crippen molar-refractivity contribution in [3.8, 4) is 5.75 Å². The Morgan fingerprint density at radius 3 is 2.10 bits per heavy atom. The van der Waals surface area contributed by atoms with Crippen molar-refractivity contribution in [3.63, 3.8) is 0 Å². The van der Waals surface area contributed by atoms with Crippen molar-refractivity contribution in [1.29, 1.82) is 0 Å². The summed E-state index contributed by atoms with van der Waals surface area (Å²) in [4.78, 5) is 22.8. The molecule has 5 heteroatoms. The van der Waals surface area contributed by atoms with Crippen molar-refractivity contribution in [2.45, 2.75) is 31.8 Å². The zero-order valence-corrected chi connectivity index (χ0v) is 12.3. The third-order valence-electron chi connectivity index (χ3n) is 3.79. The summed E-state index contributed by atoms with van der Waals surface area (Å²) in [5.41, 5.74) is 0.499. The van der Waals surface area contributed by atoms with Gasteiger partial charge in [0.05, 0.1) is 31.8 Å². The van der Waals surface area contributed by atoms with Gasteiger partial charge in [0.1, 0.15) is 5.75 Å². The lowest BCUT2D eigenvalue weighted by Gasteiger charge is -2.27. The fourth-order valence-electron chi connectivity index (χ4n) is 2.56. The molecule has 0 atom stereocenters. The molecule has 0 radical (unpaired) electrons. The summed E-state index contributed by atoms with van der Waals surface area (Å²) in [7, 11) is 2.78. The van der Waals surface area contributed by atoms with Crippen LogP contribution in [0.1, 0.15) is 36.0 Å². The highest BCUT2D eigenvalue weighted by Gasteiger charge is 2.27. The topological polar surface area (TPSA) is 61.8 Å². The molecule has 0 spiro atoms. The lowest BCUT2D eigenvalue weighted by molar-refractivity contribution is -0.147. The summed E-state index contributed by atoms with van der Waals surface area (Å²) in [5.74, 6) is 0.233. The first kappa shape index (κ1) is 15.4. The molecule has 0 unspecified atom stereocenters. The van der Waals surface area contributed by atoms with Crippen molar-refractivity contribution in [2.24, 2.45) is 5.92 Å². The third-order valence-corrected chi connectivity index (χ3v) is 3.79. The fraction of sp³-hybridized carbons (Fsp3) is 0.500. The van der Waals surface area contributed by atoms with Crippen molar-refractivity contribution in [1.82, 2.24) is 0 Å². The van der Waals surface area contributed by atoms with Crippen molar-refractivity contribution in [3.05, 3.63) is 29.8 Å². The van der Waals surface area contributed by atoms with Crippen LogP contribution < -0.4 is 4.74 Å². The third kappa shape index (κ3) is 3.97. The van der Waals surface area contributed by atoms with Crippen molar-refractivity contribution in [2.75, 3.05) is 14.2 Å². The number of rotatable bonds is 4. The minimum atomic E-state index is -0.361. The van der Waals surface area contributed by atoms with E-state index < -0.39 is 0 Å². The van der Waals surface area contributed by atoms with Crippen LogP contribution in [0.5, 0.6) is 5.75 Å². The maximum atomic E-state index is 11.5. The molecule has 1 saturated carbocycles. The number of hydrogen-bond donors (Lipinski definition) is 0. The highest BCUT2D eigenvalue weighted by atomic mass is 16.5. The maximum Gasteiger partial charge on any atom is 0.337 e. The van der Waals surface area contributed by atoms with Gasteiger partial charge >= 0.3 is 11.9 Å². The van der Waals surface area contributed by atoms with Gasteiger partial charge < -0.3 is 14.2 Å². The molecule has 1 aromatic carbocycles. The molecule has 0 aliphatic heterocycles. The summed E-state index contributed by atoms with van der Waals surface area (Å²) in [5, 5.41) is 0. The Morgan fingerprint density at radius 1 is 0.952 bits per heavy atom. The summed E-state index contributed by atoms with van der Waals surface area (Å²) in [6.07, 6.45) is 3.35. The average Bonchev–Trinajstić information content (AvgIpc) is 2.55. The Hall–Kier alpha value is -2.04. The molecule has 1 aliphatic carbocycles. The molecule has 0 aromatic heterocycles. The monoisotopic (exact) mass is 292 g/mol. The molecule has 2 rings (SSSR count). The van der Waals surface area contributed by atoms with Crippen LogP contribution in [0.25, 0.3) is 0 Å². The molecule has 0 amide bonds. The van der Waals surface area contributed by atoms with Crippen molar-refractivity contribution < 1.29 is 23.8 Å². The first-order valence-corrected chi connectivity index (χ1v) is 7.07. The second-order valence-electron chi connectivity index (χ2n) is 5.13. The number of ether oxygens (including phenoxy) is 3. The number of carbonyl (C=O) groups excluding carboxylic acids is 2. The summed E-state index contributed by atoms with van der Waals surface area (Å²) in [6.45, 7) is 0. The van der Waals surface area contributed by atoms with Gasteiger partial charge in [0, 0.05) is 0 Å². The second kappa shape index (κ2) is 7.11. The summed E-state index contributed by atoms with van der Waals surface area (Å²) >= 11 is 0. The largest absolute Gasteiger partial charge is 0.490 e. The molecule has 1 aromatic rings. The van der Waals surface area contributed by atoms with Gasteiger partial charge in [0.15, 0.2) is 0 Å². The molecule has 21 heavy (non-hydrogen) atoms. The van der Waals surface area contributed by atoms with E-state index in [2.05, 4.69) is 4.74 Å². The van der Waals surface area contributed by atoms with Crippen LogP contribution in [0.15, 0.2) is 24.3 Å². The predicted molar refractivity (Wildman–Crippen MR) is 76.2 cm³/mol. The molecule has 0 saturated heterocycles. The van der Waals surface area contributed by atoms with Gasteiger partial charge in [0.2, 0.25) is 0 Å². The molecule has 0 bridgehead atoms. The second-order valence-corrected chi connectivity index (χ2v) is 5.13. The predicted octanol–water partition coefficient (Wildman–Crippen LogP) is 2.58. The number of benzene rings is 1. The summed E-state index contributed by atoms with van der Waals surface area (Å²) in [6, 6.07) is 6.89. The van der Waals surface area contributed by atoms with E-state index in [-0.39, 0.29) is 24.0 Å². The van der Waals surface area contributed by atoms with Gasteiger partial charge in [-0.05, 0) is 49.9 Å². The van der Waals surface area contributed by atoms with Crippen LogP contribution >= 0.6 is 0 Å². The molecular formula is C16H20O5. The van der Waals surface area contributed by atoms with Crippen LogP contribution in [-0.4, -0.2) is 32.3 Å². The van der Waals surface area contributed by atoms with Crippen LogP contribution in [0.2, 0.25) is 0 Å². The van der Waals surface area contributed by atoms with Gasteiger partial charge in [-0.2, -0.15) is 0 Å². The van der Waals surface area contributed by atoms with Crippen LogP contribution in [-0.2, 0) is 14.3 Å². The van der Waals surface area contributed by atoms with Crippen LogP contribution in [0.3, 0.4) is 0 Å². The Balaban J connectivity index is 1.86. The highest BCUT2D eigenvalue weighted by Crippen LogP contribution is 2.28. The minimum absolute atomic E-state index is 0.00319. The van der Waals surface area contributed by atoms with E-state index in [0.29, 0.717) is 5.56 Å². The Labute approximate surface area is 124 Å². The molecule has 114 valence electrons. The van der Waals surface area contributed by atoms with E-state index >= 15 is 0 Å². The van der Waals surface area contributed by atoms with E-state index in [1.807, 2.05) is 0 Å². The van der Waals surface area contributed by atoms with Gasteiger partial charge in [-0.1, -0.05) is 0 Å². The molecule has 1 fully saturated rings. The molecule has 1 aliphatic rings. The first-order valence-electron chi connectivity index (χ1n) is 7.07. The number of hydrogen-bond acceptors (Lipinski definition) is 5. The quantitative estimate of drug-likeness (QED) is 0.798. The number of carbonyl (C=O) groups is 2. The molecule has 5 nitrogen and oxygen atoms in total. The van der Waals surface area contributed by atoms with Gasteiger partial charge in [0.25, 0.3) is 0 Å². The van der Waals surface area contributed by atoms with E-state index in [9.17, 15) is 9.59 Å². The Kier molecular flexibility index (Phi) is 5.20. The van der Waals surface area contributed by atoms with Gasteiger partial charge in [-0.3, -0.25) is 4.79 Å². The normalized spacial score (nSPS) is 21.4. The molecule has 0 heterocycles. The summed E-state index contributed by atoms with van der Waals surface area (Å²) < 4.78 is 15.3. The number of methoxy groups -OCH3 is 2. The zero-order chi connectivity index (χ0) is 15.2. The SMILES string of the molecule is COC(=O)c1ccc(OC2CCC(C(=O)OC)CC2)cc1. The lowest BCUT2D eigenvalue weighted by Crippen LogP contribution is -2.28. The lowest BCUT2D eigenvalue weighted by atomic mass is 9.87. The highest BCUT2D eigenvalue weighted by molar-refractivity contribution is 5.89. The molecule has 0 N–H and O–H groups in total. The van der Waals surface area contributed by atoms with Crippen LogP contribution in [0, 0.1) is 5.92 Å². The number of esters is 2. The van der Waals surface area contributed by atoms with Gasteiger partial charge in [-0.25, -0.2) is 4.79 Å². The standard InChI is InChI=1S/C16H20O5/c1-19-15(17)11-3-7-13(8-4-11)21-14-9-5-12(6-10-14)16(18)20-2/h3-4,7-8,12,14H,5-6,9-10H2,1-2H3. The van der Waals surface area contributed by atoms with Gasteiger partial charge in [-0.15, -0.1) is 0 Å². The van der Waals surface area contributed by atoms with E-state index in [0.717, 1.165) is 31.4 Å². The van der Waals surface area contributed by atoms with E-state index in [4.69, 9.17) is 9.47 Å². The fourth-order valence-corrected chi connectivity index (χ4v) is 2.56. The van der Waals surface area contributed by atoms with Crippen molar-refractivity contribution >= 4 is 11.9 Å². The molecular weight excluding hydrogens is 272 g/mol. The smallest absolute Gasteiger partial charge is 0.337 e. The Morgan fingerprint density at radius 2 is 1.57 bits per heavy atom. The van der Waals surface area contributed by atoms with Crippen LogP contribution in [0.4, 0.5) is 0 Å². The maximum absolute atomic E-state index is 11.5. The van der Waals surface area contributed by atoms with E-state index in [1.54, 1.807) is 24.3 Å². The Bertz CT molecular complexity index is 486.